The van der Waals surface area contributed by atoms with Crippen LogP contribution in [0.25, 0.3) is 11.0 Å². The van der Waals surface area contributed by atoms with E-state index in [1.54, 1.807) is 18.2 Å². The highest BCUT2D eigenvalue weighted by Crippen LogP contribution is 2.27. The van der Waals surface area contributed by atoms with Gasteiger partial charge in [-0.25, -0.2) is 0 Å². The molecule has 0 saturated carbocycles. The summed E-state index contributed by atoms with van der Waals surface area (Å²) in [7, 11) is 0. The van der Waals surface area contributed by atoms with Crippen molar-refractivity contribution in [3.05, 3.63) is 64.4 Å². The molecule has 5 nitrogen and oxygen atoms in total. The van der Waals surface area contributed by atoms with E-state index in [0.29, 0.717) is 29.5 Å². The molecule has 0 radical (unpaired) electrons. The first-order chi connectivity index (χ1) is 13.7. The van der Waals surface area contributed by atoms with Gasteiger partial charge >= 0.3 is 0 Å². The molecule has 0 N–H and O–H groups in total. The third-order valence-electron chi connectivity index (χ3n) is 5.51. The maximum Gasteiger partial charge on any atom is 0.289 e. The van der Waals surface area contributed by atoms with Gasteiger partial charge in [0.1, 0.15) is 11.3 Å². The molecule has 0 atom stereocenters. The Hall–Kier alpha value is -2.50. The van der Waals surface area contributed by atoms with E-state index in [2.05, 4.69) is 23.1 Å². The third kappa shape index (κ3) is 3.36. The number of carbonyl (C=O) groups excluding carboxylic acids is 1. The Morgan fingerprint density at radius 1 is 1.04 bits per heavy atom. The molecule has 1 saturated heterocycles. The molecule has 144 valence electrons. The molecule has 0 unspecified atom stereocenters. The number of ether oxygens (including phenoxy) is 1. The summed E-state index contributed by atoms with van der Waals surface area (Å²) in [6.45, 7) is 4.79. The smallest absolute Gasteiger partial charge is 0.289 e. The van der Waals surface area contributed by atoms with Gasteiger partial charge in [0.05, 0.1) is 6.61 Å². The molecule has 6 heteroatoms. The van der Waals surface area contributed by atoms with E-state index in [1.165, 1.54) is 11.1 Å². The molecular formula is C22H21ClN2O3. The van der Waals surface area contributed by atoms with Crippen LogP contribution in [0.2, 0.25) is 5.02 Å². The lowest BCUT2D eigenvalue weighted by molar-refractivity contribution is 0.0600. The molecule has 1 fully saturated rings. The number of hydrogen-bond donors (Lipinski definition) is 0. The minimum absolute atomic E-state index is 0.0540. The van der Waals surface area contributed by atoms with Crippen LogP contribution in [0.3, 0.4) is 0 Å². The molecule has 0 spiro atoms. The van der Waals surface area contributed by atoms with Crippen LogP contribution in [0.1, 0.15) is 21.7 Å². The van der Waals surface area contributed by atoms with Gasteiger partial charge in [-0.05, 0) is 41.5 Å². The summed E-state index contributed by atoms with van der Waals surface area (Å²) in [5, 5.41) is 1.49. The Kier molecular flexibility index (Phi) is 4.49. The van der Waals surface area contributed by atoms with Crippen molar-refractivity contribution in [1.82, 2.24) is 9.80 Å². The van der Waals surface area contributed by atoms with E-state index in [1.807, 2.05) is 11.0 Å². The average molecular weight is 397 g/mol. The molecule has 2 aliphatic heterocycles. The largest absolute Gasteiger partial charge is 0.493 e. The highest BCUT2D eigenvalue weighted by Gasteiger charge is 2.25. The molecular weight excluding hydrogens is 376 g/mol. The van der Waals surface area contributed by atoms with Gasteiger partial charge in [0, 0.05) is 49.6 Å². The fraction of sp³-hybridized carbons (Fsp3) is 0.318. The Labute approximate surface area is 168 Å². The van der Waals surface area contributed by atoms with Crippen molar-refractivity contribution in [3.63, 3.8) is 0 Å². The van der Waals surface area contributed by atoms with Crippen LogP contribution in [0.15, 0.2) is 46.9 Å². The number of hydrogen-bond acceptors (Lipinski definition) is 4. The minimum atomic E-state index is -0.0540. The van der Waals surface area contributed by atoms with Crippen LogP contribution >= 0.6 is 11.6 Å². The molecule has 2 aliphatic rings. The van der Waals surface area contributed by atoms with Crippen molar-refractivity contribution < 1.29 is 13.9 Å². The summed E-state index contributed by atoms with van der Waals surface area (Å²) in [6.07, 6.45) is 0.994. The predicted octanol–water partition coefficient (Wildman–Crippen LogP) is 3.98. The first kappa shape index (κ1) is 17.6. The molecule has 28 heavy (non-hydrogen) atoms. The van der Waals surface area contributed by atoms with Gasteiger partial charge in [-0.15, -0.1) is 0 Å². The lowest BCUT2D eigenvalue weighted by Gasteiger charge is -2.34. The minimum Gasteiger partial charge on any atom is -0.493 e. The number of piperazine rings is 1. The molecule has 2 aromatic carbocycles. The number of amides is 1. The van der Waals surface area contributed by atoms with E-state index < -0.39 is 0 Å². The number of nitrogens with zero attached hydrogens (tertiary/aromatic N) is 2. The maximum atomic E-state index is 12.8. The van der Waals surface area contributed by atoms with Gasteiger partial charge in [-0.3, -0.25) is 9.69 Å². The fourth-order valence-corrected chi connectivity index (χ4v) is 4.16. The van der Waals surface area contributed by atoms with Crippen LogP contribution < -0.4 is 4.74 Å². The van der Waals surface area contributed by atoms with Crippen molar-refractivity contribution >= 4 is 28.5 Å². The number of rotatable bonds is 3. The fourth-order valence-electron chi connectivity index (χ4n) is 3.98. The lowest BCUT2D eigenvalue weighted by Crippen LogP contribution is -2.48. The van der Waals surface area contributed by atoms with E-state index in [4.69, 9.17) is 20.8 Å². The molecule has 0 aliphatic carbocycles. The Morgan fingerprint density at radius 3 is 2.75 bits per heavy atom. The molecule has 1 aromatic heterocycles. The number of furan rings is 1. The standard InChI is InChI=1S/C22H21ClN2O3/c23-18-2-4-20-17(12-18)13-21(28-20)22(26)25-8-6-24(7-9-25)14-15-1-3-19-16(11-15)5-10-27-19/h1-4,11-13H,5-10,14H2. The molecule has 3 heterocycles. The zero-order chi connectivity index (χ0) is 19.1. The molecule has 3 aromatic rings. The van der Waals surface area contributed by atoms with Gasteiger partial charge in [-0.2, -0.15) is 0 Å². The van der Waals surface area contributed by atoms with Gasteiger partial charge in [0.25, 0.3) is 5.91 Å². The average Bonchev–Trinajstić information content (AvgIpc) is 3.34. The summed E-state index contributed by atoms with van der Waals surface area (Å²) in [5.41, 5.74) is 3.29. The number of carbonyl (C=O) groups is 1. The van der Waals surface area contributed by atoms with E-state index in [-0.39, 0.29) is 5.91 Å². The zero-order valence-corrected chi connectivity index (χ0v) is 16.2. The van der Waals surface area contributed by atoms with Crippen molar-refractivity contribution in [2.75, 3.05) is 32.8 Å². The quantitative estimate of drug-likeness (QED) is 0.671. The summed E-state index contributed by atoms with van der Waals surface area (Å²) in [6, 6.07) is 13.6. The van der Waals surface area contributed by atoms with E-state index >= 15 is 0 Å². The number of benzene rings is 2. The number of halogens is 1. The zero-order valence-electron chi connectivity index (χ0n) is 15.5. The predicted molar refractivity (Wildman–Crippen MR) is 108 cm³/mol. The second-order valence-electron chi connectivity index (χ2n) is 7.40. The van der Waals surface area contributed by atoms with Crippen LogP contribution in [0.5, 0.6) is 5.75 Å². The monoisotopic (exact) mass is 396 g/mol. The maximum absolute atomic E-state index is 12.8. The van der Waals surface area contributed by atoms with Crippen molar-refractivity contribution in [2.45, 2.75) is 13.0 Å². The van der Waals surface area contributed by atoms with Crippen LogP contribution in [0, 0.1) is 0 Å². The highest BCUT2D eigenvalue weighted by molar-refractivity contribution is 6.31. The second kappa shape index (κ2) is 7.15. The van der Waals surface area contributed by atoms with Crippen molar-refractivity contribution in [3.8, 4) is 5.75 Å². The first-order valence-corrected chi connectivity index (χ1v) is 9.99. The molecule has 5 rings (SSSR count). The van der Waals surface area contributed by atoms with E-state index in [9.17, 15) is 4.79 Å². The van der Waals surface area contributed by atoms with E-state index in [0.717, 1.165) is 43.8 Å². The Bertz CT molecular complexity index is 1040. The van der Waals surface area contributed by atoms with Gasteiger partial charge in [0.2, 0.25) is 0 Å². The first-order valence-electron chi connectivity index (χ1n) is 9.61. The van der Waals surface area contributed by atoms with Crippen LogP contribution in [-0.2, 0) is 13.0 Å². The second-order valence-corrected chi connectivity index (χ2v) is 7.84. The van der Waals surface area contributed by atoms with Crippen molar-refractivity contribution in [2.24, 2.45) is 0 Å². The lowest BCUT2D eigenvalue weighted by atomic mass is 10.1. The molecule has 0 bridgehead atoms. The Morgan fingerprint density at radius 2 is 1.89 bits per heavy atom. The highest BCUT2D eigenvalue weighted by atomic mass is 35.5. The number of fused-ring (bicyclic) bond motifs is 2. The normalized spacial score (nSPS) is 17.0. The third-order valence-corrected chi connectivity index (χ3v) is 5.74. The SMILES string of the molecule is O=C(c1cc2cc(Cl)ccc2o1)N1CCN(Cc2ccc3c(c2)CCO3)CC1. The van der Waals surface area contributed by atoms with Gasteiger partial charge < -0.3 is 14.1 Å². The summed E-state index contributed by atoms with van der Waals surface area (Å²) in [5.74, 6) is 1.34. The van der Waals surface area contributed by atoms with Crippen LogP contribution in [0.4, 0.5) is 0 Å². The van der Waals surface area contributed by atoms with Gasteiger partial charge in [0.15, 0.2) is 5.76 Å². The van der Waals surface area contributed by atoms with Crippen LogP contribution in [-0.4, -0.2) is 48.5 Å². The summed E-state index contributed by atoms with van der Waals surface area (Å²) >= 11 is 6.02. The Balaban J connectivity index is 1.22. The molecule has 1 amide bonds. The topological polar surface area (TPSA) is 45.9 Å². The summed E-state index contributed by atoms with van der Waals surface area (Å²) < 4.78 is 11.3. The van der Waals surface area contributed by atoms with Gasteiger partial charge in [-0.1, -0.05) is 23.7 Å². The summed E-state index contributed by atoms with van der Waals surface area (Å²) in [4.78, 5) is 17.1. The van der Waals surface area contributed by atoms with Crippen molar-refractivity contribution in [1.29, 1.82) is 0 Å².